The smallest absolute Gasteiger partial charge is 0.225 e. The predicted octanol–water partition coefficient (Wildman–Crippen LogP) is 0.555. The summed E-state index contributed by atoms with van der Waals surface area (Å²) in [6.45, 7) is 4.63. The van der Waals surface area contributed by atoms with Gasteiger partial charge in [-0.1, -0.05) is 5.16 Å². The SMILES string of the molecule is CNCCN(C(C)=O)c1cc(C)on1. The number of rotatable bonds is 4. The first-order chi connectivity index (χ1) is 6.65. The van der Waals surface area contributed by atoms with Crippen molar-refractivity contribution in [3.63, 3.8) is 0 Å². The van der Waals surface area contributed by atoms with E-state index < -0.39 is 0 Å². The fourth-order valence-electron chi connectivity index (χ4n) is 1.14. The Labute approximate surface area is 83.1 Å². The first-order valence-corrected chi connectivity index (χ1v) is 4.51. The van der Waals surface area contributed by atoms with Crippen LogP contribution in [0, 0.1) is 6.92 Å². The number of aromatic nitrogens is 1. The fourth-order valence-corrected chi connectivity index (χ4v) is 1.14. The molecule has 1 aromatic heterocycles. The second kappa shape index (κ2) is 4.76. The van der Waals surface area contributed by atoms with Gasteiger partial charge in [0.1, 0.15) is 5.76 Å². The van der Waals surface area contributed by atoms with Gasteiger partial charge in [0, 0.05) is 26.1 Å². The minimum atomic E-state index is -0.0337. The number of carbonyl (C=O) groups is 1. The molecule has 0 atom stereocenters. The highest BCUT2D eigenvalue weighted by atomic mass is 16.5. The van der Waals surface area contributed by atoms with Crippen molar-refractivity contribution >= 4 is 11.7 Å². The van der Waals surface area contributed by atoms with Gasteiger partial charge in [0.15, 0.2) is 5.82 Å². The number of nitrogens with one attached hydrogen (secondary N) is 1. The van der Waals surface area contributed by atoms with Gasteiger partial charge in [-0.2, -0.15) is 0 Å². The topological polar surface area (TPSA) is 58.4 Å². The van der Waals surface area contributed by atoms with Crippen LogP contribution in [-0.4, -0.2) is 31.2 Å². The minimum absolute atomic E-state index is 0.0337. The van der Waals surface area contributed by atoms with E-state index in [9.17, 15) is 4.79 Å². The van der Waals surface area contributed by atoms with Crippen LogP contribution in [0.1, 0.15) is 12.7 Å². The van der Waals surface area contributed by atoms with Crippen LogP contribution in [0.4, 0.5) is 5.82 Å². The van der Waals surface area contributed by atoms with E-state index in [2.05, 4.69) is 10.5 Å². The molecule has 0 aromatic carbocycles. The number of hydrogen-bond donors (Lipinski definition) is 1. The van der Waals surface area contributed by atoms with Crippen LogP contribution in [0.5, 0.6) is 0 Å². The van der Waals surface area contributed by atoms with Crippen molar-refractivity contribution in [1.82, 2.24) is 10.5 Å². The lowest BCUT2D eigenvalue weighted by Gasteiger charge is -2.16. The molecule has 14 heavy (non-hydrogen) atoms. The normalized spacial score (nSPS) is 10.2. The average molecular weight is 197 g/mol. The Balaban J connectivity index is 2.72. The highest BCUT2D eigenvalue weighted by Crippen LogP contribution is 2.13. The summed E-state index contributed by atoms with van der Waals surface area (Å²) in [5.74, 6) is 1.24. The first kappa shape index (κ1) is 10.7. The largest absolute Gasteiger partial charge is 0.360 e. The Bertz CT molecular complexity index is 309. The molecule has 5 nitrogen and oxygen atoms in total. The van der Waals surface area contributed by atoms with Gasteiger partial charge in [0.05, 0.1) is 0 Å². The number of amides is 1. The van der Waals surface area contributed by atoms with Gasteiger partial charge in [-0.3, -0.25) is 9.69 Å². The third-order valence-electron chi connectivity index (χ3n) is 1.86. The summed E-state index contributed by atoms with van der Waals surface area (Å²) in [5.41, 5.74) is 0. The van der Waals surface area contributed by atoms with Crippen LogP contribution in [-0.2, 0) is 4.79 Å². The third-order valence-corrected chi connectivity index (χ3v) is 1.86. The zero-order valence-corrected chi connectivity index (χ0v) is 8.70. The van der Waals surface area contributed by atoms with Gasteiger partial charge in [0.2, 0.25) is 5.91 Å². The quantitative estimate of drug-likeness (QED) is 0.766. The van der Waals surface area contributed by atoms with Gasteiger partial charge in [0.25, 0.3) is 0 Å². The lowest BCUT2D eigenvalue weighted by atomic mass is 10.4. The van der Waals surface area contributed by atoms with Gasteiger partial charge >= 0.3 is 0 Å². The van der Waals surface area contributed by atoms with Gasteiger partial charge in [-0.15, -0.1) is 0 Å². The summed E-state index contributed by atoms with van der Waals surface area (Å²) in [5, 5.41) is 6.77. The maximum Gasteiger partial charge on any atom is 0.225 e. The Kier molecular flexibility index (Phi) is 3.64. The van der Waals surface area contributed by atoms with Crippen molar-refractivity contribution in [1.29, 1.82) is 0 Å². The molecule has 0 aliphatic rings. The highest BCUT2D eigenvalue weighted by molar-refractivity contribution is 5.90. The molecule has 0 unspecified atom stereocenters. The second-order valence-corrected chi connectivity index (χ2v) is 3.07. The lowest BCUT2D eigenvalue weighted by molar-refractivity contribution is -0.116. The number of likely N-dealkylation sites (N-methyl/N-ethyl adjacent to an activating group) is 1. The number of carbonyl (C=O) groups excluding carboxylic acids is 1. The van der Waals surface area contributed by atoms with Crippen molar-refractivity contribution in [2.75, 3.05) is 25.0 Å². The van der Waals surface area contributed by atoms with E-state index in [0.29, 0.717) is 18.1 Å². The second-order valence-electron chi connectivity index (χ2n) is 3.07. The van der Waals surface area contributed by atoms with E-state index >= 15 is 0 Å². The molecule has 5 heteroatoms. The number of anilines is 1. The Morgan fingerprint density at radius 1 is 1.71 bits per heavy atom. The van der Waals surface area contributed by atoms with Crippen LogP contribution < -0.4 is 10.2 Å². The molecule has 1 N–H and O–H groups in total. The summed E-state index contributed by atoms with van der Waals surface area (Å²) >= 11 is 0. The molecule has 1 amide bonds. The zero-order valence-electron chi connectivity index (χ0n) is 8.70. The van der Waals surface area contributed by atoms with Gasteiger partial charge in [-0.05, 0) is 14.0 Å². The molecular formula is C9H15N3O2. The zero-order chi connectivity index (χ0) is 10.6. The van der Waals surface area contributed by atoms with Crippen molar-refractivity contribution < 1.29 is 9.32 Å². The molecule has 1 aromatic rings. The van der Waals surface area contributed by atoms with E-state index in [-0.39, 0.29) is 5.91 Å². The molecule has 0 fully saturated rings. The minimum Gasteiger partial charge on any atom is -0.360 e. The maximum atomic E-state index is 11.3. The van der Waals surface area contributed by atoms with E-state index in [0.717, 1.165) is 6.54 Å². The third kappa shape index (κ3) is 2.56. The number of hydrogen-bond acceptors (Lipinski definition) is 4. The monoisotopic (exact) mass is 197 g/mol. The molecular weight excluding hydrogens is 182 g/mol. The molecule has 78 valence electrons. The maximum absolute atomic E-state index is 11.3. The summed E-state index contributed by atoms with van der Waals surface area (Å²) in [6, 6.07) is 1.75. The lowest BCUT2D eigenvalue weighted by Crippen LogP contribution is -2.34. The molecule has 0 aliphatic heterocycles. The van der Waals surface area contributed by atoms with Crippen LogP contribution in [0.15, 0.2) is 10.6 Å². The van der Waals surface area contributed by atoms with E-state index in [1.807, 2.05) is 7.05 Å². The molecule has 0 bridgehead atoms. The van der Waals surface area contributed by atoms with Gasteiger partial charge in [-0.25, -0.2) is 0 Å². The van der Waals surface area contributed by atoms with Crippen LogP contribution in [0.25, 0.3) is 0 Å². The van der Waals surface area contributed by atoms with Crippen molar-refractivity contribution in [2.24, 2.45) is 0 Å². The molecule has 0 radical (unpaired) electrons. The summed E-state index contributed by atoms with van der Waals surface area (Å²) < 4.78 is 4.91. The molecule has 0 saturated carbocycles. The average Bonchev–Trinajstić information content (AvgIpc) is 2.52. The number of nitrogens with zero attached hydrogens (tertiary/aromatic N) is 2. The number of aryl methyl sites for hydroxylation is 1. The van der Waals surface area contributed by atoms with Crippen LogP contribution in [0.3, 0.4) is 0 Å². The van der Waals surface area contributed by atoms with Crippen molar-refractivity contribution in [3.8, 4) is 0 Å². The van der Waals surface area contributed by atoms with Crippen LogP contribution in [0.2, 0.25) is 0 Å². The Hall–Kier alpha value is -1.36. The fraction of sp³-hybridized carbons (Fsp3) is 0.556. The Morgan fingerprint density at radius 3 is 2.86 bits per heavy atom. The van der Waals surface area contributed by atoms with Crippen molar-refractivity contribution in [3.05, 3.63) is 11.8 Å². The summed E-state index contributed by atoms with van der Waals surface area (Å²) in [7, 11) is 1.84. The molecule has 1 rings (SSSR count). The van der Waals surface area contributed by atoms with Crippen LogP contribution >= 0.6 is 0 Å². The van der Waals surface area contributed by atoms with E-state index in [1.54, 1.807) is 17.9 Å². The molecule has 0 saturated heterocycles. The highest BCUT2D eigenvalue weighted by Gasteiger charge is 2.14. The molecule has 0 spiro atoms. The standard InChI is InChI=1S/C9H15N3O2/c1-7-6-9(11-14-7)12(8(2)13)5-4-10-3/h6,10H,4-5H2,1-3H3. The first-order valence-electron chi connectivity index (χ1n) is 4.51. The van der Waals surface area contributed by atoms with Crippen molar-refractivity contribution in [2.45, 2.75) is 13.8 Å². The summed E-state index contributed by atoms with van der Waals surface area (Å²) in [6.07, 6.45) is 0. The summed E-state index contributed by atoms with van der Waals surface area (Å²) in [4.78, 5) is 12.9. The van der Waals surface area contributed by atoms with E-state index in [4.69, 9.17) is 4.52 Å². The molecule has 0 aliphatic carbocycles. The predicted molar refractivity (Wildman–Crippen MR) is 53.2 cm³/mol. The Morgan fingerprint density at radius 2 is 2.43 bits per heavy atom. The molecule has 1 heterocycles. The van der Waals surface area contributed by atoms with E-state index in [1.165, 1.54) is 6.92 Å². The van der Waals surface area contributed by atoms with Gasteiger partial charge < -0.3 is 9.84 Å².